The van der Waals surface area contributed by atoms with Gasteiger partial charge >= 0.3 is 0 Å². The molecular formula is C19H17N3O. The molecule has 0 aliphatic rings. The summed E-state index contributed by atoms with van der Waals surface area (Å²) < 4.78 is 0. The normalized spacial score (nSPS) is 11.7. The first-order valence-electron chi connectivity index (χ1n) is 7.48. The van der Waals surface area contributed by atoms with Gasteiger partial charge in [-0.3, -0.25) is 9.78 Å². The third-order valence-corrected chi connectivity index (χ3v) is 3.60. The van der Waals surface area contributed by atoms with Crippen molar-refractivity contribution in [1.82, 2.24) is 9.97 Å². The number of pyridine rings is 2. The quantitative estimate of drug-likeness (QED) is 0.785. The SMILES string of the molecule is O=C(Nc1ccccn1)C(Cc1cccnc1)c1ccccc1. The lowest BCUT2D eigenvalue weighted by atomic mass is 9.92. The molecule has 0 aliphatic carbocycles. The van der Waals surface area contributed by atoms with Crippen LogP contribution in [0, 0.1) is 0 Å². The molecule has 0 spiro atoms. The Kier molecular flexibility index (Phi) is 4.74. The Balaban J connectivity index is 1.84. The van der Waals surface area contributed by atoms with Gasteiger partial charge in [0.25, 0.3) is 0 Å². The van der Waals surface area contributed by atoms with Crippen molar-refractivity contribution < 1.29 is 4.79 Å². The number of hydrogen-bond acceptors (Lipinski definition) is 3. The van der Waals surface area contributed by atoms with Crippen molar-refractivity contribution in [3.05, 3.63) is 90.4 Å². The Morgan fingerprint density at radius 2 is 1.78 bits per heavy atom. The van der Waals surface area contributed by atoms with Crippen LogP contribution in [-0.2, 0) is 11.2 Å². The predicted molar refractivity (Wildman–Crippen MR) is 90.0 cm³/mol. The Morgan fingerprint density at radius 1 is 0.957 bits per heavy atom. The van der Waals surface area contributed by atoms with E-state index in [2.05, 4.69) is 15.3 Å². The molecular weight excluding hydrogens is 286 g/mol. The minimum atomic E-state index is -0.289. The van der Waals surface area contributed by atoms with Crippen LogP contribution in [0.1, 0.15) is 17.0 Å². The van der Waals surface area contributed by atoms with Crippen molar-refractivity contribution in [2.24, 2.45) is 0 Å². The summed E-state index contributed by atoms with van der Waals surface area (Å²) in [6.07, 6.45) is 5.78. The fraction of sp³-hybridized carbons (Fsp3) is 0.105. The van der Waals surface area contributed by atoms with Gasteiger partial charge in [-0.05, 0) is 35.7 Å². The highest BCUT2D eigenvalue weighted by Gasteiger charge is 2.21. The smallest absolute Gasteiger partial charge is 0.233 e. The topological polar surface area (TPSA) is 54.9 Å². The maximum absolute atomic E-state index is 12.7. The van der Waals surface area contributed by atoms with Gasteiger partial charge in [-0.25, -0.2) is 4.98 Å². The molecule has 1 N–H and O–H groups in total. The van der Waals surface area contributed by atoms with E-state index in [1.54, 1.807) is 24.7 Å². The lowest BCUT2D eigenvalue weighted by Gasteiger charge is -2.17. The number of aromatic nitrogens is 2. The van der Waals surface area contributed by atoms with E-state index in [0.717, 1.165) is 11.1 Å². The maximum atomic E-state index is 12.7. The first kappa shape index (κ1) is 14.9. The van der Waals surface area contributed by atoms with E-state index in [-0.39, 0.29) is 11.8 Å². The van der Waals surface area contributed by atoms with E-state index in [9.17, 15) is 4.79 Å². The molecule has 0 saturated heterocycles. The zero-order chi connectivity index (χ0) is 15.9. The lowest BCUT2D eigenvalue weighted by Crippen LogP contribution is -2.23. The van der Waals surface area contributed by atoms with Gasteiger partial charge in [0.05, 0.1) is 5.92 Å². The average Bonchev–Trinajstić information content (AvgIpc) is 2.62. The van der Waals surface area contributed by atoms with E-state index in [0.29, 0.717) is 12.2 Å². The maximum Gasteiger partial charge on any atom is 0.233 e. The summed E-state index contributed by atoms with van der Waals surface area (Å²) in [6.45, 7) is 0. The number of carbonyl (C=O) groups is 1. The van der Waals surface area contributed by atoms with Gasteiger partial charge in [-0.15, -0.1) is 0 Å². The van der Waals surface area contributed by atoms with Crippen molar-refractivity contribution in [3.63, 3.8) is 0 Å². The van der Waals surface area contributed by atoms with Crippen molar-refractivity contribution >= 4 is 11.7 Å². The summed E-state index contributed by atoms with van der Waals surface area (Å²) >= 11 is 0. The number of rotatable bonds is 5. The monoisotopic (exact) mass is 303 g/mol. The van der Waals surface area contributed by atoms with Crippen LogP contribution in [-0.4, -0.2) is 15.9 Å². The third kappa shape index (κ3) is 4.01. The van der Waals surface area contributed by atoms with E-state index in [4.69, 9.17) is 0 Å². The van der Waals surface area contributed by atoms with Crippen LogP contribution in [0.2, 0.25) is 0 Å². The molecule has 0 radical (unpaired) electrons. The number of nitrogens with one attached hydrogen (secondary N) is 1. The summed E-state index contributed by atoms with van der Waals surface area (Å²) in [7, 11) is 0. The first-order chi connectivity index (χ1) is 11.3. The van der Waals surface area contributed by atoms with Gasteiger partial charge in [0.2, 0.25) is 5.91 Å². The van der Waals surface area contributed by atoms with Gasteiger partial charge in [0.1, 0.15) is 5.82 Å². The zero-order valence-corrected chi connectivity index (χ0v) is 12.6. The molecule has 0 bridgehead atoms. The number of anilines is 1. The molecule has 1 atom stereocenters. The van der Waals surface area contributed by atoms with E-state index < -0.39 is 0 Å². The number of carbonyl (C=O) groups excluding carboxylic acids is 1. The van der Waals surface area contributed by atoms with Crippen LogP contribution >= 0.6 is 0 Å². The fourth-order valence-corrected chi connectivity index (χ4v) is 2.45. The molecule has 2 heterocycles. The van der Waals surface area contributed by atoms with Crippen LogP contribution in [0.15, 0.2) is 79.3 Å². The van der Waals surface area contributed by atoms with Crippen LogP contribution < -0.4 is 5.32 Å². The van der Waals surface area contributed by atoms with Gasteiger partial charge < -0.3 is 5.32 Å². The molecule has 1 unspecified atom stereocenters. The van der Waals surface area contributed by atoms with Crippen molar-refractivity contribution in [2.45, 2.75) is 12.3 Å². The molecule has 2 aromatic heterocycles. The van der Waals surface area contributed by atoms with Gasteiger partial charge in [0.15, 0.2) is 0 Å². The molecule has 4 nitrogen and oxygen atoms in total. The van der Waals surface area contributed by atoms with Gasteiger partial charge in [-0.2, -0.15) is 0 Å². The first-order valence-corrected chi connectivity index (χ1v) is 7.48. The molecule has 3 rings (SSSR count). The van der Waals surface area contributed by atoms with Crippen LogP contribution in [0.4, 0.5) is 5.82 Å². The van der Waals surface area contributed by atoms with E-state index in [1.807, 2.05) is 54.6 Å². The lowest BCUT2D eigenvalue weighted by molar-refractivity contribution is -0.117. The summed E-state index contributed by atoms with van der Waals surface area (Å²) in [5.74, 6) is 0.200. The van der Waals surface area contributed by atoms with E-state index in [1.165, 1.54) is 0 Å². The minimum Gasteiger partial charge on any atom is -0.310 e. The standard InChI is InChI=1S/C19H17N3O/c23-19(22-18-10-4-5-12-21-18)17(16-8-2-1-3-9-16)13-15-7-6-11-20-14-15/h1-12,14,17H,13H2,(H,21,22,23). The summed E-state index contributed by atoms with van der Waals surface area (Å²) in [5, 5.41) is 2.89. The zero-order valence-electron chi connectivity index (χ0n) is 12.6. The minimum absolute atomic E-state index is 0.0706. The molecule has 1 amide bonds. The van der Waals surface area contributed by atoms with Crippen LogP contribution in [0.25, 0.3) is 0 Å². The number of nitrogens with zero attached hydrogens (tertiary/aromatic N) is 2. The summed E-state index contributed by atoms with van der Waals surface area (Å²) in [4.78, 5) is 21.0. The highest BCUT2D eigenvalue weighted by Crippen LogP contribution is 2.22. The molecule has 0 aliphatic heterocycles. The van der Waals surface area contributed by atoms with Gasteiger partial charge in [0, 0.05) is 18.6 Å². The van der Waals surface area contributed by atoms with Crippen molar-refractivity contribution in [3.8, 4) is 0 Å². The summed E-state index contributed by atoms with van der Waals surface area (Å²) in [5.41, 5.74) is 2.00. The molecule has 0 fully saturated rings. The number of benzene rings is 1. The fourth-order valence-electron chi connectivity index (χ4n) is 2.45. The van der Waals surface area contributed by atoms with E-state index >= 15 is 0 Å². The molecule has 3 aromatic rings. The van der Waals surface area contributed by atoms with Crippen molar-refractivity contribution in [2.75, 3.05) is 5.32 Å². The number of amides is 1. The molecule has 23 heavy (non-hydrogen) atoms. The molecule has 1 aromatic carbocycles. The highest BCUT2D eigenvalue weighted by atomic mass is 16.1. The van der Waals surface area contributed by atoms with Crippen LogP contribution in [0.5, 0.6) is 0 Å². The molecule has 0 saturated carbocycles. The predicted octanol–water partition coefficient (Wildman–Crippen LogP) is 3.44. The largest absolute Gasteiger partial charge is 0.310 e. The third-order valence-electron chi connectivity index (χ3n) is 3.60. The molecule has 4 heteroatoms. The Morgan fingerprint density at radius 3 is 2.48 bits per heavy atom. The Labute approximate surface area is 135 Å². The second-order valence-corrected chi connectivity index (χ2v) is 5.23. The average molecular weight is 303 g/mol. The van der Waals surface area contributed by atoms with Crippen LogP contribution in [0.3, 0.4) is 0 Å². The molecule has 114 valence electrons. The number of hydrogen-bond donors (Lipinski definition) is 1. The Hall–Kier alpha value is -3.01. The Bertz CT molecular complexity index is 745. The second kappa shape index (κ2) is 7.31. The second-order valence-electron chi connectivity index (χ2n) is 5.23. The highest BCUT2D eigenvalue weighted by molar-refractivity contribution is 5.95. The summed E-state index contributed by atoms with van der Waals surface area (Å²) in [6, 6.07) is 19.1. The van der Waals surface area contributed by atoms with Gasteiger partial charge in [-0.1, -0.05) is 42.5 Å². The van der Waals surface area contributed by atoms with Crippen molar-refractivity contribution in [1.29, 1.82) is 0 Å².